The molecule has 0 saturated carbocycles. The van der Waals surface area contributed by atoms with Crippen molar-refractivity contribution in [3.63, 3.8) is 0 Å². The number of rotatable bonds is 7. The quantitative estimate of drug-likeness (QED) is 0.163. The Kier molecular flexibility index (Phi) is 10.9. The van der Waals surface area contributed by atoms with Gasteiger partial charge in [0.2, 0.25) is 0 Å². The molecular formula is C25H30Cl3N5O3S2. The molecule has 1 N–H and O–H groups in total. The van der Waals surface area contributed by atoms with Crippen molar-refractivity contribution in [1.82, 2.24) is 20.1 Å². The average molecular weight is 619 g/mol. The van der Waals surface area contributed by atoms with E-state index in [1.807, 2.05) is 44.2 Å². The molecule has 2 aliphatic heterocycles. The minimum atomic E-state index is -0.481. The van der Waals surface area contributed by atoms with Crippen LogP contribution in [0.4, 0.5) is 4.79 Å². The van der Waals surface area contributed by atoms with Crippen molar-refractivity contribution in [1.29, 1.82) is 0 Å². The van der Waals surface area contributed by atoms with E-state index in [0.29, 0.717) is 28.4 Å². The number of aromatic nitrogens is 1. The lowest BCUT2D eigenvalue weighted by Gasteiger charge is -2.37. The fourth-order valence-corrected chi connectivity index (χ4v) is 6.48. The minimum absolute atomic E-state index is 0.156. The van der Waals surface area contributed by atoms with Crippen LogP contribution in [0.15, 0.2) is 33.7 Å². The number of aldehydes is 1. The molecule has 0 spiro atoms. The summed E-state index contributed by atoms with van der Waals surface area (Å²) in [6.07, 6.45) is 2.75. The second kappa shape index (κ2) is 13.5. The molecular weight excluding hydrogens is 589 g/mol. The van der Waals surface area contributed by atoms with Gasteiger partial charge in [-0.25, -0.2) is 9.78 Å². The molecule has 2 bridgehead atoms. The molecule has 0 radical (unpaired) electrons. The first-order valence-electron chi connectivity index (χ1n) is 11.7. The van der Waals surface area contributed by atoms with Gasteiger partial charge in [0.1, 0.15) is 16.5 Å². The number of carbonyl (C=O) groups excluding carboxylic acids is 2. The van der Waals surface area contributed by atoms with Crippen molar-refractivity contribution in [2.45, 2.75) is 44.9 Å². The summed E-state index contributed by atoms with van der Waals surface area (Å²) in [5.74, 6) is 0.761. The van der Waals surface area contributed by atoms with E-state index in [1.54, 1.807) is 23.1 Å². The molecule has 2 fully saturated rings. The summed E-state index contributed by atoms with van der Waals surface area (Å²) < 4.78 is 5.58. The van der Waals surface area contributed by atoms with E-state index in [1.165, 1.54) is 12.3 Å². The van der Waals surface area contributed by atoms with Crippen LogP contribution < -0.4 is 5.32 Å². The first-order valence-corrected chi connectivity index (χ1v) is 14.7. The summed E-state index contributed by atoms with van der Waals surface area (Å²) in [5.41, 5.74) is 0.799. The molecule has 0 aliphatic carbocycles. The number of amides is 1. The van der Waals surface area contributed by atoms with Crippen molar-refractivity contribution in [2.75, 3.05) is 26.0 Å². The van der Waals surface area contributed by atoms with Gasteiger partial charge in [-0.15, -0.1) is 11.3 Å². The molecule has 1 amide bonds. The van der Waals surface area contributed by atoms with Crippen LogP contribution in [0.1, 0.15) is 42.4 Å². The predicted molar refractivity (Wildman–Crippen MR) is 159 cm³/mol. The van der Waals surface area contributed by atoms with Crippen molar-refractivity contribution in [3.8, 4) is 0 Å². The van der Waals surface area contributed by atoms with Gasteiger partial charge >= 0.3 is 6.09 Å². The smallest absolute Gasteiger partial charge is 0.410 e. The van der Waals surface area contributed by atoms with Crippen LogP contribution in [-0.4, -0.2) is 77.6 Å². The first-order chi connectivity index (χ1) is 18.0. The Morgan fingerprint density at radius 2 is 1.97 bits per heavy atom. The number of thiophene rings is 1. The van der Waals surface area contributed by atoms with E-state index in [-0.39, 0.29) is 23.3 Å². The number of hydrogen-bond acceptors (Lipinski definition) is 9. The molecule has 2 unspecified atom stereocenters. The molecule has 4 rings (SSSR count). The Hall–Kier alpha value is -1.82. The standard InChI is InChI=1S/C19H27ClN4O2S2.C6H3Cl2NO/c1-19(2,3)26-18(25)24-9-13-7-14(24)8-23(13)17(28-11-21-4)16(22-5)15-6-12(20)10-27-15;7-5-1-4(3-10)2-9-6(5)8/h6,10,13-14,21H,5,7-9,11H2,1-4H3;1-3H/b17-16-;. The fraction of sp³-hybridized carbons (Fsp3) is 0.440. The maximum atomic E-state index is 12.5. The summed E-state index contributed by atoms with van der Waals surface area (Å²) >= 11 is 20.4. The van der Waals surface area contributed by atoms with E-state index in [2.05, 4.69) is 26.9 Å². The lowest BCUT2D eigenvalue weighted by atomic mass is 10.2. The lowest BCUT2D eigenvalue weighted by Crippen LogP contribution is -2.49. The summed E-state index contributed by atoms with van der Waals surface area (Å²) in [4.78, 5) is 35.9. The zero-order chi connectivity index (χ0) is 28.0. The highest BCUT2D eigenvalue weighted by molar-refractivity contribution is 8.03. The number of piperazine rings is 1. The zero-order valence-corrected chi connectivity index (χ0v) is 25.4. The van der Waals surface area contributed by atoms with Crippen molar-refractivity contribution in [3.05, 3.63) is 54.4 Å². The number of nitrogens with zero attached hydrogens (tertiary/aromatic N) is 4. The molecule has 13 heteroatoms. The first kappa shape index (κ1) is 30.7. The van der Waals surface area contributed by atoms with Gasteiger partial charge in [-0.3, -0.25) is 9.79 Å². The number of nitrogens with one attached hydrogen (secondary N) is 1. The number of aliphatic imine (C=N–C) groups is 1. The fourth-order valence-electron chi connectivity index (χ4n) is 4.08. The Bertz CT molecular complexity index is 1200. The Morgan fingerprint density at radius 1 is 1.29 bits per heavy atom. The number of thioether (sulfide) groups is 1. The van der Waals surface area contributed by atoms with Crippen LogP contribution in [0.25, 0.3) is 5.70 Å². The zero-order valence-electron chi connectivity index (χ0n) is 21.5. The number of hydrogen-bond donors (Lipinski definition) is 1. The van der Waals surface area contributed by atoms with Crippen molar-refractivity contribution >= 4 is 82.7 Å². The highest BCUT2D eigenvalue weighted by atomic mass is 35.5. The van der Waals surface area contributed by atoms with Gasteiger partial charge in [-0.1, -0.05) is 46.6 Å². The van der Waals surface area contributed by atoms with Crippen LogP contribution >= 0.6 is 57.9 Å². The monoisotopic (exact) mass is 617 g/mol. The SMILES string of the molecule is C=N/C(=C(\SCNC)N1CC2CC1CN2C(=O)OC(C)(C)C)c1cc(Cl)cs1.O=Cc1cnc(Cl)c(Cl)c1. The summed E-state index contributed by atoms with van der Waals surface area (Å²) in [6.45, 7) is 10.9. The van der Waals surface area contributed by atoms with Gasteiger partial charge in [-0.2, -0.15) is 0 Å². The number of fused-ring (bicyclic) bond motifs is 2. The van der Waals surface area contributed by atoms with Gasteiger partial charge in [0.15, 0.2) is 6.29 Å². The van der Waals surface area contributed by atoms with Crippen LogP contribution in [0.5, 0.6) is 0 Å². The molecule has 206 valence electrons. The largest absolute Gasteiger partial charge is 0.444 e. The number of likely N-dealkylation sites (tertiary alicyclic amines) is 2. The number of pyridine rings is 1. The minimum Gasteiger partial charge on any atom is -0.444 e. The molecule has 8 nitrogen and oxygen atoms in total. The molecule has 2 saturated heterocycles. The molecule has 2 atom stereocenters. The third-order valence-corrected chi connectivity index (χ3v) is 8.70. The Labute approximate surface area is 246 Å². The second-order valence-electron chi connectivity index (χ2n) is 9.57. The predicted octanol–water partition coefficient (Wildman–Crippen LogP) is 6.53. The van der Waals surface area contributed by atoms with Gasteiger partial charge in [0.05, 0.1) is 26.0 Å². The van der Waals surface area contributed by atoms with Crippen LogP contribution in [-0.2, 0) is 4.74 Å². The van der Waals surface area contributed by atoms with E-state index < -0.39 is 5.60 Å². The van der Waals surface area contributed by atoms with E-state index in [0.717, 1.165) is 34.4 Å². The Balaban J connectivity index is 0.000000336. The van der Waals surface area contributed by atoms with Crippen LogP contribution in [0, 0.1) is 0 Å². The number of ether oxygens (including phenoxy) is 1. The Morgan fingerprint density at radius 3 is 2.47 bits per heavy atom. The van der Waals surface area contributed by atoms with Crippen LogP contribution in [0.2, 0.25) is 15.2 Å². The topological polar surface area (TPSA) is 87.1 Å². The molecule has 0 aromatic carbocycles. The normalized spacial score (nSPS) is 19.0. The maximum absolute atomic E-state index is 12.5. The van der Waals surface area contributed by atoms with E-state index in [9.17, 15) is 9.59 Å². The molecule has 2 aliphatic rings. The second-order valence-corrected chi connectivity index (χ2v) is 12.6. The third-order valence-electron chi connectivity index (χ3n) is 5.60. The molecule has 4 heterocycles. The third kappa shape index (κ3) is 7.86. The van der Waals surface area contributed by atoms with Gasteiger partial charge < -0.3 is 19.9 Å². The van der Waals surface area contributed by atoms with Gasteiger partial charge in [0, 0.05) is 42.1 Å². The average Bonchev–Trinajstić information content (AvgIpc) is 3.59. The van der Waals surface area contributed by atoms with Crippen molar-refractivity contribution in [2.24, 2.45) is 4.99 Å². The summed E-state index contributed by atoms with van der Waals surface area (Å²) in [7, 11) is 1.92. The molecule has 2 aromatic rings. The molecule has 2 aromatic heterocycles. The van der Waals surface area contributed by atoms with Crippen LogP contribution in [0.3, 0.4) is 0 Å². The highest BCUT2D eigenvalue weighted by Crippen LogP contribution is 2.42. The van der Waals surface area contributed by atoms with E-state index in [4.69, 9.17) is 39.5 Å². The summed E-state index contributed by atoms with van der Waals surface area (Å²) in [6, 6.07) is 3.80. The number of halogens is 3. The summed E-state index contributed by atoms with van der Waals surface area (Å²) in [5, 5.41) is 7.39. The van der Waals surface area contributed by atoms with Crippen molar-refractivity contribution < 1.29 is 14.3 Å². The number of carbonyl (C=O) groups is 2. The van der Waals surface area contributed by atoms with Gasteiger partial charge in [-0.05, 0) is 53.1 Å². The van der Waals surface area contributed by atoms with Gasteiger partial charge in [0.25, 0.3) is 0 Å². The maximum Gasteiger partial charge on any atom is 0.410 e. The highest BCUT2D eigenvalue weighted by Gasteiger charge is 2.47. The lowest BCUT2D eigenvalue weighted by molar-refractivity contribution is 0.0156. The molecule has 38 heavy (non-hydrogen) atoms. The van der Waals surface area contributed by atoms with E-state index >= 15 is 0 Å².